The Morgan fingerprint density at radius 3 is 1.19 bits per heavy atom. The lowest BCUT2D eigenvalue weighted by atomic mass is 9.96. The van der Waals surface area contributed by atoms with Crippen LogP contribution in [0.5, 0.6) is 0 Å². The highest BCUT2D eigenvalue weighted by Gasteiger charge is 2.37. The van der Waals surface area contributed by atoms with Gasteiger partial charge >= 0.3 is 0 Å². The van der Waals surface area contributed by atoms with Crippen LogP contribution in [0.1, 0.15) is 165 Å². The summed E-state index contributed by atoms with van der Waals surface area (Å²) in [5, 5.41) is 26.0. The number of hydrogen-bond donors (Lipinski definition) is 15. The van der Waals surface area contributed by atoms with Crippen LogP contribution in [0.25, 0.3) is 10.9 Å². The summed E-state index contributed by atoms with van der Waals surface area (Å²) in [5.74, 6) is -7.38. The van der Waals surface area contributed by atoms with Crippen LogP contribution in [0, 0.1) is 29.6 Å². The van der Waals surface area contributed by atoms with E-state index in [0.29, 0.717) is 57.1 Å². The van der Waals surface area contributed by atoms with Gasteiger partial charge in [0.05, 0.1) is 6.54 Å². The zero-order valence-corrected chi connectivity index (χ0v) is 52.9. The molecule has 1 heterocycles. The lowest BCUT2D eigenvalue weighted by molar-refractivity contribution is -0.136. The van der Waals surface area contributed by atoms with E-state index >= 15 is 0 Å². The highest BCUT2D eigenvalue weighted by molar-refractivity contribution is 5.99. The standard InChI is InChI=1S/C61H107N15O10/c1-11-39(10)52(76-56(81)45(24-16-19-27-64)69-54(79)43(22-14-17-25-62)70-58(83)48(30-37(6)7)73-57(82)47(29-36(4)5)68-51(77)33-65)61(86)71-44(23-15-18-26-63)55(80)75-50(32-40-34-67-42-21-13-12-20-41(40)42)60(85)74-49(31-38(8)9)59(84)72-46(53(66)78)28-35(2)3/h12-13,20-21,34-39,43-50,52,67H,11,14-19,22-33,62-65H2,1-10H3,(H2,66,78)(H,68,77)(H,69,79)(H,70,83)(H,71,86)(H,72,84)(H,73,82)(H,74,85)(H,75,80)(H,76,81)/t39-,43-,44-,45-,46-,47-,48-,49-,50-,52-/m0/s1. The highest BCUT2D eigenvalue weighted by atomic mass is 16.2. The van der Waals surface area contributed by atoms with E-state index in [0.717, 1.165) is 10.9 Å². The Bertz CT molecular complexity index is 2470. The van der Waals surface area contributed by atoms with Crippen molar-refractivity contribution in [1.82, 2.24) is 52.8 Å². The van der Waals surface area contributed by atoms with Crippen molar-refractivity contribution in [3.8, 4) is 0 Å². The number of carbonyl (C=O) groups excluding carboxylic acids is 10. The molecule has 0 aliphatic rings. The summed E-state index contributed by atoms with van der Waals surface area (Å²) in [4.78, 5) is 143. The summed E-state index contributed by atoms with van der Waals surface area (Å²) in [6.45, 7) is 19.1. The second-order valence-electron chi connectivity index (χ2n) is 24.5. The van der Waals surface area contributed by atoms with E-state index < -0.39 is 119 Å². The van der Waals surface area contributed by atoms with Crippen LogP contribution in [0.2, 0.25) is 0 Å². The smallest absolute Gasteiger partial charge is 0.243 e. The average molecular weight is 1210 g/mol. The number of carbonyl (C=O) groups is 10. The Hall–Kier alpha value is -6.70. The number of para-hydroxylation sites is 1. The fraction of sp³-hybridized carbons (Fsp3) is 0.705. The van der Waals surface area contributed by atoms with Crippen LogP contribution in [-0.4, -0.2) is 145 Å². The lowest BCUT2D eigenvalue weighted by Gasteiger charge is -2.30. The molecule has 486 valence electrons. The van der Waals surface area contributed by atoms with Gasteiger partial charge in [-0.05, 0) is 144 Å². The topological polar surface area (TPSA) is 425 Å². The molecule has 1 aromatic heterocycles. The molecule has 2 rings (SSSR count). The number of fused-ring (bicyclic) bond motifs is 1. The Morgan fingerprint density at radius 2 is 0.779 bits per heavy atom. The minimum absolute atomic E-state index is 0.00184. The maximum atomic E-state index is 14.8. The van der Waals surface area contributed by atoms with Crippen LogP contribution >= 0.6 is 0 Å². The monoisotopic (exact) mass is 1210 g/mol. The summed E-state index contributed by atoms with van der Waals surface area (Å²) in [7, 11) is 0. The molecule has 86 heavy (non-hydrogen) atoms. The molecule has 0 saturated heterocycles. The Labute approximate surface area is 509 Å². The molecular weight excluding hydrogens is 1100 g/mol. The largest absolute Gasteiger partial charge is 0.368 e. The molecule has 25 heteroatoms. The summed E-state index contributed by atoms with van der Waals surface area (Å²) >= 11 is 0. The zero-order chi connectivity index (χ0) is 64.6. The van der Waals surface area contributed by atoms with Crippen LogP contribution in [0.15, 0.2) is 30.5 Å². The zero-order valence-electron chi connectivity index (χ0n) is 52.9. The number of unbranched alkanes of at least 4 members (excludes halogenated alkanes) is 3. The summed E-state index contributed by atoms with van der Waals surface area (Å²) in [6.07, 6.45) is 5.98. The number of H-pyrrole nitrogens is 1. The van der Waals surface area contributed by atoms with Gasteiger partial charge in [0.25, 0.3) is 0 Å². The van der Waals surface area contributed by atoms with Gasteiger partial charge in [-0.15, -0.1) is 0 Å². The third-order valence-corrected chi connectivity index (χ3v) is 14.9. The van der Waals surface area contributed by atoms with Crippen LogP contribution in [-0.2, 0) is 54.4 Å². The summed E-state index contributed by atoms with van der Waals surface area (Å²) in [5.41, 5.74) is 30.3. The quantitative estimate of drug-likeness (QED) is 0.0414. The average Bonchev–Trinajstić information content (AvgIpc) is 2.44. The molecule has 0 aliphatic carbocycles. The number of hydrogen-bond acceptors (Lipinski definition) is 14. The highest BCUT2D eigenvalue weighted by Crippen LogP contribution is 2.21. The molecule has 20 N–H and O–H groups in total. The molecule has 0 bridgehead atoms. The molecule has 1 aromatic carbocycles. The third-order valence-electron chi connectivity index (χ3n) is 14.9. The van der Waals surface area contributed by atoms with Crippen molar-refractivity contribution in [1.29, 1.82) is 0 Å². The molecule has 10 amide bonds. The van der Waals surface area contributed by atoms with Crippen LogP contribution < -0.4 is 76.5 Å². The van der Waals surface area contributed by atoms with E-state index in [4.69, 9.17) is 28.7 Å². The van der Waals surface area contributed by atoms with Crippen molar-refractivity contribution in [3.05, 3.63) is 36.0 Å². The van der Waals surface area contributed by atoms with Gasteiger partial charge in [-0.25, -0.2) is 0 Å². The van der Waals surface area contributed by atoms with Gasteiger partial charge in [0, 0.05) is 23.5 Å². The first-order chi connectivity index (χ1) is 40.7. The SMILES string of the molecule is CC[C@H](C)[C@H](NC(=O)[C@H](CCCCN)NC(=O)[C@H](CCCCN)NC(=O)[C@H](CC(C)C)NC(=O)[C@H](CC(C)C)NC(=O)CN)C(=O)N[C@@H](CCCCN)C(=O)N[C@@H](Cc1c[nH]c2ccccc12)C(=O)N[C@@H](CC(C)C)C(=O)N[C@@H](CC(C)C)C(N)=O. The third kappa shape index (κ3) is 27.3. The van der Waals surface area contributed by atoms with E-state index in [9.17, 15) is 47.9 Å². The molecule has 0 fully saturated rings. The molecule has 0 saturated carbocycles. The molecule has 0 unspecified atom stereocenters. The van der Waals surface area contributed by atoms with Gasteiger partial charge in [-0.1, -0.05) is 93.9 Å². The molecule has 0 aliphatic heterocycles. The summed E-state index contributed by atoms with van der Waals surface area (Å²) < 4.78 is 0. The van der Waals surface area contributed by atoms with Crippen LogP contribution in [0.3, 0.4) is 0 Å². The first kappa shape index (κ1) is 75.4. The van der Waals surface area contributed by atoms with E-state index in [1.165, 1.54) is 0 Å². The number of benzene rings is 1. The fourth-order valence-corrected chi connectivity index (χ4v) is 9.95. The van der Waals surface area contributed by atoms with Gasteiger partial charge in [0.2, 0.25) is 59.1 Å². The number of aromatic nitrogens is 1. The minimum Gasteiger partial charge on any atom is -0.368 e. The Morgan fingerprint density at radius 1 is 0.430 bits per heavy atom. The normalized spacial score (nSPS) is 15.0. The molecule has 10 atom stereocenters. The number of amides is 10. The number of nitrogens with two attached hydrogens (primary N) is 5. The van der Waals surface area contributed by atoms with Gasteiger partial charge in [0.1, 0.15) is 54.4 Å². The van der Waals surface area contributed by atoms with Crippen molar-refractivity contribution in [2.45, 2.75) is 220 Å². The number of primary amides is 1. The molecule has 2 aromatic rings. The summed E-state index contributed by atoms with van der Waals surface area (Å²) in [6, 6.07) is -3.03. The molecule has 0 spiro atoms. The van der Waals surface area contributed by atoms with Crippen molar-refractivity contribution in [2.75, 3.05) is 26.2 Å². The van der Waals surface area contributed by atoms with E-state index in [-0.39, 0.29) is 94.7 Å². The predicted molar refractivity (Wildman–Crippen MR) is 334 cm³/mol. The van der Waals surface area contributed by atoms with Gasteiger partial charge in [-0.2, -0.15) is 0 Å². The van der Waals surface area contributed by atoms with Crippen molar-refractivity contribution >= 4 is 70.0 Å². The predicted octanol–water partition coefficient (Wildman–Crippen LogP) is 1.14. The van der Waals surface area contributed by atoms with Crippen molar-refractivity contribution in [2.24, 2.45) is 58.3 Å². The van der Waals surface area contributed by atoms with Crippen molar-refractivity contribution in [3.63, 3.8) is 0 Å². The van der Waals surface area contributed by atoms with Gasteiger partial charge in [0.15, 0.2) is 0 Å². The first-order valence-electron chi connectivity index (χ1n) is 31.1. The van der Waals surface area contributed by atoms with Gasteiger partial charge in [-0.3, -0.25) is 47.9 Å². The second kappa shape index (κ2) is 39.9. The molecular formula is C61H107N15O10. The van der Waals surface area contributed by atoms with Crippen LogP contribution in [0.4, 0.5) is 0 Å². The van der Waals surface area contributed by atoms with Gasteiger partial charge < -0.3 is 81.5 Å². The number of nitrogens with one attached hydrogen (secondary N) is 10. The lowest BCUT2D eigenvalue weighted by Crippen LogP contribution is -2.61. The van der Waals surface area contributed by atoms with E-state index in [1.807, 2.05) is 86.6 Å². The van der Waals surface area contributed by atoms with E-state index in [1.54, 1.807) is 13.1 Å². The Balaban J connectivity index is 2.57. The maximum Gasteiger partial charge on any atom is 0.243 e. The number of rotatable bonds is 43. The maximum absolute atomic E-state index is 14.8. The second-order valence-corrected chi connectivity index (χ2v) is 24.5. The van der Waals surface area contributed by atoms with E-state index in [2.05, 4.69) is 52.8 Å². The Kier molecular flexibility index (Phi) is 35.0. The molecule has 25 nitrogen and oxygen atoms in total. The minimum atomic E-state index is -1.30. The fourth-order valence-electron chi connectivity index (χ4n) is 9.95. The van der Waals surface area contributed by atoms with Crippen molar-refractivity contribution < 1.29 is 47.9 Å². The first-order valence-corrected chi connectivity index (χ1v) is 31.1. The molecule has 0 radical (unpaired) electrons. The number of aromatic amines is 1.